The molecule has 0 bridgehead atoms. The molecule has 0 radical (unpaired) electrons. The first-order chi connectivity index (χ1) is 9.79. The van der Waals surface area contributed by atoms with Crippen molar-refractivity contribution in [1.29, 1.82) is 0 Å². The monoisotopic (exact) mass is 266 g/mol. The lowest BCUT2D eigenvalue weighted by atomic mass is 10.1. The Kier molecular flexibility index (Phi) is 3.21. The van der Waals surface area contributed by atoms with Crippen molar-refractivity contribution in [3.8, 4) is 11.3 Å². The molecule has 0 saturated carbocycles. The minimum Gasteiger partial charge on any atom is -0.462 e. The second kappa shape index (κ2) is 5.17. The van der Waals surface area contributed by atoms with E-state index in [1.165, 1.54) is 0 Å². The smallest absolute Gasteiger partial charge is 0.338 e. The lowest BCUT2D eigenvalue weighted by Gasteiger charge is -2.05. The van der Waals surface area contributed by atoms with Gasteiger partial charge in [0.2, 0.25) is 0 Å². The van der Waals surface area contributed by atoms with Crippen LogP contribution in [0.4, 0.5) is 0 Å². The number of hydrogen-bond donors (Lipinski definition) is 0. The lowest BCUT2D eigenvalue weighted by molar-refractivity contribution is 0.0526. The van der Waals surface area contributed by atoms with Crippen LogP contribution in [0.1, 0.15) is 17.3 Å². The molecule has 0 atom stereocenters. The molecule has 2 heterocycles. The zero-order valence-corrected chi connectivity index (χ0v) is 11.1. The van der Waals surface area contributed by atoms with Crippen molar-refractivity contribution < 1.29 is 9.53 Å². The molecule has 0 spiro atoms. The molecular weight excluding hydrogens is 252 g/mol. The molecule has 0 aliphatic carbocycles. The van der Waals surface area contributed by atoms with E-state index in [0.717, 1.165) is 16.9 Å². The third-order valence-corrected chi connectivity index (χ3v) is 3.09. The standard InChI is InChI=1S/C16H14N2O2/c1-2-20-16(19)13-7-5-6-12(10-13)14-11-17-15-8-3-4-9-18(14)15/h3-11H,2H2,1H3. The first-order valence-corrected chi connectivity index (χ1v) is 6.49. The highest BCUT2D eigenvalue weighted by Gasteiger charge is 2.10. The zero-order chi connectivity index (χ0) is 13.9. The van der Waals surface area contributed by atoms with Gasteiger partial charge in [0.15, 0.2) is 0 Å². The number of ether oxygens (including phenoxy) is 1. The van der Waals surface area contributed by atoms with Crippen LogP contribution in [-0.2, 0) is 4.74 Å². The number of esters is 1. The van der Waals surface area contributed by atoms with Crippen LogP contribution >= 0.6 is 0 Å². The summed E-state index contributed by atoms with van der Waals surface area (Å²) in [5.41, 5.74) is 3.32. The molecule has 0 saturated heterocycles. The fourth-order valence-corrected chi connectivity index (χ4v) is 2.17. The van der Waals surface area contributed by atoms with E-state index in [0.29, 0.717) is 12.2 Å². The maximum atomic E-state index is 11.8. The van der Waals surface area contributed by atoms with Gasteiger partial charge in [-0.25, -0.2) is 9.78 Å². The number of pyridine rings is 1. The van der Waals surface area contributed by atoms with E-state index in [2.05, 4.69) is 4.98 Å². The Hall–Kier alpha value is -2.62. The number of carbonyl (C=O) groups excluding carboxylic acids is 1. The van der Waals surface area contributed by atoms with E-state index in [1.54, 1.807) is 19.2 Å². The van der Waals surface area contributed by atoms with Crippen LogP contribution in [0.15, 0.2) is 54.9 Å². The lowest BCUT2D eigenvalue weighted by Crippen LogP contribution is -2.04. The van der Waals surface area contributed by atoms with Crippen molar-refractivity contribution in [3.63, 3.8) is 0 Å². The first kappa shape index (κ1) is 12.4. The second-order valence-corrected chi connectivity index (χ2v) is 4.37. The van der Waals surface area contributed by atoms with Crippen LogP contribution in [0.2, 0.25) is 0 Å². The summed E-state index contributed by atoms with van der Waals surface area (Å²) in [5.74, 6) is -0.303. The molecule has 0 aliphatic heterocycles. The summed E-state index contributed by atoms with van der Waals surface area (Å²) in [5, 5.41) is 0. The van der Waals surface area contributed by atoms with Gasteiger partial charge in [-0.3, -0.25) is 4.40 Å². The maximum Gasteiger partial charge on any atom is 0.338 e. The molecule has 0 fully saturated rings. The molecule has 0 unspecified atom stereocenters. The molecule has 2 aromatic heterocycles. The number of benzene rings is 1. The number of hydrogen-bond acceptors (Lipinski definition) is 3. The molecule has 0 N–H and O–H groups in total. The summed E-state index contributed by atoms with van der Waals surface area (Å²) >= 11 is 0. The molecule has 3 rings (SSSR count). The predicted molar refractivity (Wildman–Crippen MR) is 76.6 cm³/mol. The van der Waals surface area contributed by atoms with Crippen molar-refractivity contribution in [3.05, 3.63) is 60.4 Å². The Morgan fingerprint density at radius 2 is 2.15 bits per heavy atom. The quantitative estimate of drug-likeness (QED) is 0.684. The average molecular weight is 266 g/mol. The normalized spacial score (nSPS) is 10.7. The number of nitrogens with zero attached hydrogens (tertiary/aromatic N) is 2. The second-order valence-electron chi connectivity index (χ2n) is 4.37. The number of aromatic nitrogens is 2. The van der Waals surface area contributed by atoms with Gasteiger partial charge in [-0.15, -0.1) is 0 Å². The summed E-state index contributed by atoms with van der Waals surface area (Å²) in [7, 11) is 0. The highest BCUT2D eigenvalue weighted by Crippen LogP contribution is 2.22. The highest BCUT2D eigenvalue weighted by molar-refractivity contribution is 5.91. The molecule has 0 aliphatic rings. The van der Waals surface area contributed by atoms with E-state index >= 15 is 0 Å². The Balaban J connectivity index is 2.06. The fourth-order valence-electron chi connectivity index (χ4n) is 2.17. The first-order valence-electron chi connectivity index (χ1n) is 6.49. The number of fused-ring (bicyclic) bond motifs is 1. The summed E-state index contributed by atoms with van der Waals surface area (Å²) in [6.07, 6.45) is 3.76. The van der Waals surface area contributed by atoms with Crippen molar-refractivity contribution in [2.24, 2.45) is 0 Å². The van der Waals surface area contributed by atoms with Crippen LogP contribution in [0.5, 0.6) is 0 Å². The molecular formula is C16H14N2O2. The zero-order valence-electron chi connectivity index (χ0n) is 11.1. The van der Waals surface area contributed by atoms with Crippen LogP contribution in [0.25, 0.3) is 16.9 Å². The fraction of sp³-hybridized carbons (Fsp3) is 0.125. The topological polar surface area (TPSA) is 43.6 Å². The highest BCUT2D eigenvalue weighted by atomic mass is 16.5. The predicted octanol–water partition coefficient (Wildman–Crippen LogP) is 3.18. The van der Waals surface area contributed by atoms with Gasteiger partial charge in [0, 0.05) is 11.8 Å². The third kappa shape index (κ3) is 2.16. The van der Waals surface area contributed by atoms with Gasteiger partial charge in [0.05, 0.1) is 24.1 Å². The minimum absolute atomic E-state index is 0.303. The van der Waals surface area contributed by atoms with Gasteiger partial charge in [-0.1, -0.05) is 18.2 Å². The van der Waals surface area contributed by atoms with Crippen molar-refractivity contribution in [2.75, 3.05) is 6.61 Å². The maximum absolute atomic E-state index is 11.8. The van der Waals surface area contributed by atoms with Crippen LogP contribution in [0, 0.1) is 0 Å². The summed E-state index contributed by atoms with van der Waals surface area (Å²) in [4.78, 5) is 16.1. The summed E-state index contributed by atoms with van der Waals surface area (Å²) < 4.78 is 7.02. The Labute approximate surface area is 116 Å². The minimum atomic E-state index is -0.303. The van der Waals surface area contributed by atoms with Crippen LogP contribution in [0.3, 0.4) is 0 Å². The van der Waals surface area contributed by atoms with E-state index < -0.39 is 0 Å². The third-order valence-electron chi connectivity index (χ3n) is 3.09. The van der Waals surface area contributed by atoms with Crippen molar-refractivity contribution in [1.82, 2.24) is 9.38 Å². The Morgan fingerprint density at radius 3 is 3.00 bits per heavy atom. The van der Waals surface area contributed by atoms with Crippen molar-refractivity contribution in [2.45, 2.75) is 6.92 Å². The van der Waals surface area contributed by atoms with Crippen LogP contribution < -0.4 is 0 Å². The number of carbonyl (C=O) groups is 1. The summed E-state index contributed by atoms with van der Waals surface area (Å²) in [6, 6.07) is 13.2. The average Bonchev–Trinajstić information content (AvgIpc) is 2.91. The van der Waals surface area contributed by atoms with Gasteiger partial charge in [-0.2, -0.15) is 0 Å². The number of rotatable bonds is 3. The van der Waals surface area contributed by atoms with Crippen molar-refractivity contribution >= 4 is 11.6 Å². The SMILES string of the molecule is CCOC(=O)c1cccc(-c2cnc3ccccn23)c1. The van der Waals surface area contributed by atoms with E-state index in [4.69, 9.17) is 4.74 Å². The van der Waals surface area contributed by atoms with Gasteiger partial charge < -0.3 is 4.74 Å². The largest absolute Gasteiger partial charge is 0.462 e. The molecule has 4 nitrogen and oxygen atoms in total. The summed E-state index contributed by atoms with van der Waals surface area (Å²) in [6.45, 7) is 2.17. The Morgan fingerprint density at radius 1 is 1.25 bits per heavy atom. The molecule has 3 aromatic rings. The number of imidazole rings is 1. The van der Waals surface area contributed by atoms with E-state index in [-0.39, 0.29) is 5.97 Å². The molecule has 1 aromatic carbocycles. The van der Waals surface area contributed by atoms with E-state index in [1.807, 2.05) is 47.0 Å². The molecule has 4 heteroatoms. The van der Waals surface area contributed by atoms with Gasteiger partial charge in [0.1, 0.15) is 5.65 Å². The molecule has 0 amide bonds. The van der Waals surface area contributed by atoms with Gasteiger partial charge in [0.25, 0.3) is 0 Å². The molecule has 100 valence electrons. The van der Waals surface area contributed by atoms with Gasteiger partial charge >= 0.3 is 5.97 Å². The Bertz CT molecular complexity index is 762. The van der Waals surface area contributed by atoms with E-state index in [9.17, 15) is 4.79 Å². The van der Waals surface area contributed by atoms with Crippen LogP contribution in [-0.4, -0.2) is 22.0 Å². The molecule has 20 heavy (non-hydrogen) atoms. The van der Waals surface area contributed by atoms with Gasteiger partial charge in [-0.05, 0) is 31.2 Å².